The molecule has 2 aromatic carbocycles. The maximum atomic E-state index is 14.8. The van der Waals surface area contributed by atoms with Gasteiger partial charge in [-0.15, -0.1) is 5.10 Å². The van der Waals surface area contributed by atoms with E-state index in [0.717, 1.165) is 5.56 Å². The van der Waals surface area contributed by atoms with Gasteiger partial charge in [0, 0.05) is 12.1 Å². The molecule has 0 bridgehead atoms. The Hall–Kier alpha value is -3.99. The Kier molecular flexibility index (Phi) is 5.26. The summed E-state index contributed by atoms with van der Waals surface area (Å²) < 4.78 is 21.3. The lowest BCUT2D eigenvalue weighted by atomic mass is 10.0. The van der Waals surface area contributed by atoms with Gasteiger partial charge in [-0.1, -0.05) is 29.5 Å². The van der Waals surface area contributed by atoms with E-state index < -0.39 is 23.9 Å². The molecule has 10 nitrogen and oxygen atoms in total. The van der Waals surface area contributed by atoms with Crippen LogP contribution in [0, 0.1) is 5.82 Å². The van der Waals surface area contributed by atoms with E-state index in [1.165, 1.54) is 15.6 Å². The zero-order valence-electron chi connectivity index (χ0n) is 16.4. The quantitative estimate of drug-likeness (QED) is 0.534. The fourth-order valence-electron chi connectivity index (χ4n) is 3.34. The molecule has 0 aliphatic carbocycles. The molecule has 1 aliphatic heterocycles. The van der Waals surface area contributed by atoms with E-state index in [-0.39, 0.29) is 31.1 Å². The summed E-state index contributed by atoms with van der Waals surface area (Å²) in [5, 5.41) is 7.49. The SMILES string of the molecule is NC[C@H]1CN(c2ccc(-c3ccc(Cn4nnc(C(N)=O)c4N)cc3)c(F)c2)C(=O)O1. The average molecular weight is 425 g/mol. The van der Waals surface area contributed by atoms with Crippen LogP contribution in [0.5, 0.6) is 0 Å². The van der Waals surface area contributed by atoms with Crippen molar-refractivity contribution in [3.05, 3.63) is 59.5 Å². The first-order valence-corrected chi connectivity index (χ1v) is 9.43. The number of benzene rings is 2. The molecule has 6 N–H and O–H groups in total. The third-order valence-corrected chi connectivity index (χ3v) is 5.01. The molecular formula is C20H20FN7O3. The molecule has 3 aromatic rings. The van der Waals surface area contributed by atoms with Crippen molar-refractivity contribution in [1.82, 2.24) is 15.0 Å². The number of anilines is 2. The van der Waals surface area contributed by atoms with Crippen molar-refractivity contribution in [1.29, 1.82) is 0 Å². The van der Waals surface area contributed by atoms with Crippen LogP contribution in [0.15, 0.2) is 42.5 Å². The summed E-state index contributed by atoms with van der Waals surface area (Å²) in [6, 6.07) is 11.7. The van der Waals surface area contributed by atoms with Crippen molar-refractivity contribution in [2.24, 2.45) is 11.5 Å². The highest BCUT2D eigenvalue weighted by Gasteiger charge is 2.31. The lowest BCUT2D eigenvalue weighted by Gasteiger charge is -2.14. The van der Waals surface area contributed by atoms with Crippen LogP contribution >= 0.6 is 0 Å². The summed E-state index contributed by atoms with van der Waals surface area (Å²) in [6.45, 7) is 0.762. The number of cyclic esters (lactones) is 1. The van der Waals surface area contributed by atoms with Crippen LogP contribution in [0.3, 0.4) is 0 Å². The molecule has 1 atom stereocenters. The number of carbonyl (C=O) groups is 2. The number of rotatable bonds is 6. The first-order valence-electron chi connectivity index (χ1n) is 9.43. The molecule has 1 aromatic heterocycles. The molecule has 0 radical (unpaired) electrons. The van der Waals surface area contributed by atoms with E-state index in [1.807, 2.05) is 0 Å². The molecule has 0 spiro atoms. The van der Waals surface area contributed by atoms with Crippen molar-refractivity contribution in [2.75, 3.05) is 23.7 Å². The topological polar surface area (TPSA) is 155 Å². The van der Waals surface area contributed by atoms with Gasteiger partial charge >= 0.3 is 6.09 Å². The monoisotopic (exact) mass is 425 g/mol. The highest BCUT2D eigenvalue weighted by atomic mass is 19.1. The van der Waals surface area contributed by atoms with Gasteiger partial charge < -0.3 is 21.9 Å². The van der Waals surface area contributed by atoms with E-state index in [4.69, 9.17) is 21.9 Å². The summed E-state index contributed by atoms with van der Waals surface area (Å²) in [5.74, 6) is -1.14. The van der Waals surface area contributed by atoms with Gasteiger partial charge in [0.15, 0.2) is 11.5 Å². The summed E-state index contributed by atoms with van der Waals surface area (Å²) in [6.07, 6.45) is -0.945. The molecule has 1 fully saturated rings. The summed E-state index contributed by atoms with van der Waals surface area (Å²) in [5.41, 5.74) is 18.7. The first kappa shape index (κ1) is 20.3. The van der Waals surface area contributed by atoms with Crippen LogP contribution in [0.4, 0.5) is 20.7 Å². The minimum atomic E-state index is -0.751. The van der Waals surface area contributed by atoms with Crippen molar-refractivity contribution < 1.29 is 18.7 Å². The highest BCUT2D eigenvalue weighted by molar-refractivity contribution is 5.95. The molecule has 160 valence electrons. The number of amides is 2. The van der Waals surface area contributed by atoms with Crippen molar-refractivity contribution in [2.45, 2.75) is 12.6 Å². The number of hydrogen-bond acceptors (Lipinski definition) is 7. The summed E-state index contributed by atoms with van der Waals surface area (Å²) in [7, 11) is 0. The molecule has 4 rings (SSSR count). The fraction of sp³-hybridized carbons (Fsp3) is 0.200. The number of nitrogen functional groups attached to an aromatic ring is 1. The number of halogens is 1. The third kappa shape index (κ3) is 3.90. The number of carbonyl (C=O) groups excluding carboxylic acids is 2. The molecular weight excluding hydrogens is 405 g/mol. The van der Waals surface area contributed by atoms with Crippen molar-refractivity contribution >= 4 is 23.5 Å². The van der Waals surface area contributed by atoms with E-state index in [9.17, 15) is 14.0 Å². The predicted octanol–water partition coefficient (Wildman–Crippen LogP) is 1.10. The van der Waals surface area contributed by atoms with Gasteiger partial charge in [-0.2, -0.15) is 0 Å². The number of aromatic nitrogens is 3. The Morgan fingerprint density at radius 1 is 1.23 bits per heavy atom. The lowest BCUT2D eigenvalue weighted by Crippen LogP contribution is -2.27. The lowest BCUT2D eigenvalue weighted by molar-refractivity contribution is 0.0996. The Morgan fingerprint density at radius 2 is 1.97 bits per heavy atom. The van der Waals surface area contributed by atoms with Gasteiger partial charge in [-0.3, -0.25) is 9.69 Å². The van der Waals surface area contributed by atoms with Gasteiger partial charge in [0.1, 0.15) is 11.9 Å². The predicted molar refractivity (Wildman–Crippen MR) is 111 cm³/mol. The largest absolute Gasteiger partial charge is 0.443 e. The number of nitrogens with two attached hydrogens (primary N) is 3. The van der Waals surface area contributed by atoms with Crippen LogP contribution < -0.4 is 22.1 Å². The van der Waals surface area contributed by atoms with Gasteiger partial charge in [0.05, 0.1) is 18.8 Å². The molecule has 31 heavy (non-hydrogen) atoms. The Balaban J connectivity index is 1.51. The zero-order chi connectivity index (χ0) is 22.1. The molecule has 1 saturated heterocycles. The smallest absolute Gasteiger partial charge is 0.414 e. The first-order chi connectivity index (χ1) is 14.9. The van der Waals surface area contributed by atoms with Crippen LogP contribution in [-0.2, 0) is 11.3 Å². The van der Waals surface area contributed by atoms with Crippen LogP contribution in [0.2, 0.25) is 0 Å². The van der Waals surface area contributed by atoms with Crippen LogP contribution in [-0.4, -0.2) is 46.2 Å². The van der Waals surface area contributed by atoms with E-state index in [0.29, 0.717) is 16.8 Å². The summed E-state index contributed by atoms with van der Waals surface area (Å²) in [4.78, 5) is 24.5. The van der Waals surface area contributed by atoms with Crippen LogP contribution in [0.25, 0.3) is 11.1 Å². The van der Waals surface area contributed by atoms with Gasteiger partial charge in [-0.25, -0.2) is 13.9 Å². The van der Waals surface area contributed by atoms with Crippen LogP contribution in [0.1, 0.15) is 16.1 Å². The molecule has 11 heteroatoms. The van der Waals surface area contributed by atoms with Gasteiger partial charge in [-0.05, 0) is 29.3 Å². The van der Waals surface area contributed by atoms with Crippen molar-refractivity contribution in [3.8, 4) is 11.1 Å². The molecule has 1 aliphatic rings. The molecule has 0 saturated carbocycles. The second-order valence-corrected chi connectivity index (χ2v) is 7.06. The summed E-state index contributed by atoms with van der Waals surface area (Å²) >= 11 is 0. The normalized spacial score (nSPS) is 15.9. The molecule has 0 unspecified atom stereocenters. The minimum Gasteiger partial charge on any atom is -0.443 e. The molecule has 2 amide bonds. The highest BCUT2D eigenvalue weighted by Crippen LogP contribution is 2.29. The van der Waals surface area contributed by atoms with E-state index in [2.05, 4.69) is 10.3 Å². The number of nitrogens with zero attached hydrogens (tertiary/aromatic N) is 4. The maximum Gasteiger partial charge on any atom is 0.414 e. The van der Waals surface area contributed by atoms with Crippen molar-refractivity contribution in [3.63, 3.8) is 0 Å². The maximum absolute atomic E-state index is 14.8. The van der Waals surface area contributed by atoms with Gasteiger partial charge in [0.25, 0.3) is 5.91 Å². The van der Waals surface area contributed by atoms with E-state index in [1.54, 1.807) is 36.4 Å². The number of primary amides is 1. The molecule has 2 heterocycles. The Bertz CT molecular complexity index is 1150. The fourth-order valence-corrected chi connectivity index (χ4v) is 3.34. The minimum absolute atomic E-state index is 0.0792. The standard InChI is InChI=1S/C20H20FN7O3/c21-16-7-13(27-10-14(8-22)31-20(27)30)5-6-15(16)12-3-1-11(2-4-12)9-28-18(23)17(19(24)29)25-26-28/h1-7,14H,8-10,22-23H2,(H2,24,29)/t14-/m0/s1. The average Bonchev–Trinajstić information content (AvgIpc) is 3.31. The second-order valence-electron chi connectivity index (χ2n) is 7.06. The number of ether oxygens (including phenoxy) is 1. The van der Waals surface area contributed by atoms with Gasteiger partial charge in [0.2, 0.25) is 0 Å². The number of hydrogen-bond donors (Lipinski definition) is 3. The second kappa shape index (κ2) is 8.03. The van der Waals surface area contributed by atoms with E-state index >= 15 is 0 Å². The third-order valence-electron chi connectivity index (χ3n) is 5.01. The zero-order valence-corrected chi connectivity index (χ0v) is 16.4. The Labute approximate surface area is 176 Å². The Morgan fingerprint density at radius 3 is 2.55 bits per heavy atom.